The topological polar surface area (TPSA) is 145 Å². The van der Waals surface area contributed by atoms with E-state index in [1.807, 2.05) is 0 Å². The first kappa shape index (κ1) is 27.7. The van der Waals surface area contributed by atoms with Gasteiger partial charge in [0.05, 0.1) is 6.61 Å². The zero-order valence-electron chi connectivity index (χ0n) is 20.4. The Morgan fingerprint density at radius 3 is 2.09 bits per heavy atom. The number of nitrogens with zero attached hydrogens (tertiary/aromatic N) is 1. The lowest BCUT2D eigenvalue weighted by atomic mass is 10.0. The molecule has 1 aliphatic rings. The Morgan fingerprint density at radius 1 is 0.886 bits per heavy atom. The number of aliphatic hydroxyl groups excluding tert-OH is 1. The Bertz CT molecular complexity index is 939. The van der Waals surface area contributed by atoms with E-state index in [1.165, 1.54) is 17.1 Å². The predicted octanol–water partition coefficient (Wildman–Crippen LogP) is 1.25. The van der Waals surface area contributed by atoms with Crippen LogP contribution in [0.15, 0.2) is 36.4 Å². The summed E-state index contributed by atoms with van der Waals surface area (Å²) in [6, 6.07) is 5.06. The van der Waals surface area contributed by atoms with E-state index in [9.17, 15) is 24.0 Å². The van der Waals surface area contributed by atoms with Gasteiger partial charge >= 0.3 is 0 Å². The fourth-order valence-electron chi connectivity index (χ4n) is 3.48. The van der Waals surface area contributed by atoms with Crippen molar-refractivity contribution in [3.8, 4) is 0 Å². The van der Waals surface area contributed by atoms with Gasteiger partial charge in [-0.05, 0) is 43.4 Å². The van der Waals surface area contributed by atoms with Gasteiger partial charge in [0.1, 0.15) is 12.1 Å². The number of carbonyl (C=O) groups is 5. The highest BCUT2D eigenvalue weighted by molar-refractivity contribution is 6.12. The van der Waals surface area contributed by atoms with Crippen molar-refractivity contribution in [1.82, 2.24) is 15.5 Å². The third kappa shape index (κ3) is 8.64. The van der Waals surface area contributed by atoms with Crippen LogP contribution >= 0.6 is 0 Å². The number of benzene rings is 1. The Balaban J connectivity index is 1.75. The van der Waals surface area contributed by atoms with Crippen molar-refractivity contribution in [2.75, 3.05) is 11.9 Å². The van der Waals surface area contributed by atoms with E-state index in [1.54, 1.807) is 45.0 Å². The minimum absolute atomic E-state index is 0.0959. The molecular weight excluding hydrogens is 452 g/mol. The van der Waals surface area contributed by atoms with Gasteiger partial charge in [0, 0.05) is 30.8 Å². The number of aliphatic hydroxyl groups is 1. The van der Waals surface area contributed by atoms with Gasteiger partial charge in [-0.3, -0.25) is 28.9 Å². The second-order valence-electron chi connectivity index (χ2n) is 8.84. The van der Waals surface area contributed by atoms with Gasteiger partial charge in [0.15, 0.2) is 0 Å². The van der Waals surface area contributed by atoms with Crippen molar-refractivity contribution in [1.29, 1.82) is 0 Å². The summed E-state index contributed by atoms with van der Waals surface area (Å²) >= 11 is 0. The predicted molar refractivity (Wildman–Crippen MR) is 130 cm³/mol. The number of unbranched alkanes of at least 4 members (excludes halogenated alkanes) is 2. The molecule has 0 fully saturated rings. The maximum Gasteiger partial charge on any atom is 0.253 e. The molecule has 0 aromatic heterocycles. The zero-order chi connectivity index (χ0) is 26.0. The van der Waals surface area contributed by atoms with Crippen LogP contribution in [0.4, 0.5) is 5.69 Å². The summed E-state index contributed by atoms with van der Waals surface area (Å²) < 4.78 is 0. The first-order chi connectivity index (χ1) is 16.6. The minimum atomic E-state index is -0.830. The van der Waals surface area contributed by atoms with Crippen LogP contribution in [0.25, 0.3) is 0 Å². The van der Waals surface area contributed by atoms with E-state index in [4.69, 9.17) is 5.11 Å². The summed E-state index contributed by atoms with van der Waals surface area (Å²) in [7, 11) is 0. The third-order valence-corrected chi connectivity index (χ3v) is 5.61. The molecule has 1 heterocycles. The molecule has 10 heteroatoms. The summed E-state index contributed by atoms with van der Waals surface area (Å²) in [6.45, 7) is 5.38. The number of rotatable bonds is 13. The second-order valence-corrected chi connectivity index (χ2v) is 8.84. The molecule has 2 rings (SSSR count). The van der Waals surface area contributed by atoms with Crippen LogP contribution in [-0.2, 0) is 30.6 Å². The normalized spacial score (nSPS) is 14.7. The number of carbonyl (C=O) groups excluding carboxylic acids is 5. The molecule has 1 aromatic carbocycles. The summed E-state index contributed by atoms with van der Waals surface area (Å²) in [4.78, 5) is 61.8. The number of hydrogen-bond acceptors (Lipinski definition) is 6. The van der Waals surface area contributed by atoms with Gasteiger partial charge in [-0.2, -0.15) is 0 Å². The number of amides is 5. The van der Waals surface area contributed by atoms with E-state index < -0.39 is 23.9 Å². The molecule has 0 aliphatic carbocycles. The summed E-state index contributed by atoms with van der Waals surface area (Å²) in [5, 5.41) is 17.2. The fourth-order valence-corrected chi connectivity index (χ4v) is 3.48. The van der Waals surface area contributed by atoms with Gasteiger partial charge in [0.2, 0.25) is 17.7 Å². The lowest BCUT2D eigenvalue weighted by Gasteiger charge is -2.24. The molecule has 0 saturated heterocycles. The Kier molecular flexibility index (Phi) is 10.6. The van der Waals surface area contributed by atoms with Gasteiger partial charge in [0.25, 0.3) is 11.8 Å². The minimum Gasteiger partial charge on any atom is -0.392 e. The number of nitrogens with one attached hydrogen (secondary N) is 3. The first-order valence-corrected chi connectivity index (χ1v) is 11.8. The molecular formula is C25H34N4O6. The number of anilines is 1. The molecule has 5 amide bonds. The molecule has 0 saturated carbocycles. The maximum absolute atomic E-state index is 12.7. The standard InChI is InChI=1S/C25H34N4O6/c1-16(2)23(28-20(31)7-5-4-6-14-29-21(32)12-13-22(29)33)25(35)26-17(3)24(34)27-19-10-8-18(15-30)9-11-19/h8-13,16-17,23,30H,4-7,14-15H2,1-3H3,(H,26,35)(H,27,34)(H,28,31). The van der Waals surface area contributed by atoms with E-state index in [0.29, 0.717) is 37.1 Å². The van der Waals surface area contributed by atoms with Crippen LogP contribution in [0.2, 0.25) is 0 Å². The average molecular weight is 487 g/mol. The molecule has 10 nitrogen and oxygen atoms in total. The van der Waals surface area contributed by atoms with Crippen LogP contribution in [0.5, 0.6) is 0 Å². The van der Waals surface area contributed by atoms with Crippen molar-refractivity contribution >= 4 is 35.2 Å². The van der Waals surface area contributed by atoms with Crippen molar-refractivity contribution in [2.45, 2.75) is 65.1 Å². The molecule has 1 aliphatic heterocycles. The second kappa shape index (κ2) is 13.4. The van der Waals surface area contributed by atoms with E-state index in [-0.39, 0.29) is 36.7 Å². The zero-order valence-corrected chi connectivity index (χ0v) is 20.4. The lowest BCUT2D eigenvalue weighted by molar-refractivity contribution is -0.137. The first-order valence-electron chi connectivity index (χ1n) is 11.8. The van der Waals surface area contributed by atoms with Crippen LogP contribution in [0.3, 0.4) is 0 Å². The molecule has 0 bridgehead atoms. The molecule has 35 heavy (non-hydrogen) atoms. The molecule has 0 radical (unpaired) electrons. The molecule has 1 aromatic rings. The average Bonchev–Trinajstić information content (AvgIpc) is 3.14. The quantitative estimate of drug-likeness (QED) is 0.244. The van der Waals surface area contributed by atoms with Crippen molar-refractivity contribution in [2.24, 2.45) is 5.92 Å². The molecule has 2 unspecified atom stereocenters. The van der Waals surface area contributed by atoms with Gasteiger partial charge in [-0.25, -0.2) is 0 Å². The van der Waals surface area contributed by atoms with E-state index >= 15 is 0 Å². The van der Waals surface area contributed by atoms with Gasteiger partial charge < -0.3 is 21.1 Å². The van der Waals surface area contributed by atoms with E-state index in [0.717, 1.165) is 0 Å². The van der Waals surface area contributed by atoms with Gasteiger partial charge in [-0.1, -0.05) is 32.4 Å². The van der Waals surface area contributed by atoms with Gasteiger partial charge in [-0.15, -0.1) is 0 Å². The summed E-state index contributed by atoms with van der Waals surface area (Å²) in [5.74, 6) is -1.98. The molecule has 2 atom stereocenters. The molecule has 4 N–H and O–H groups in total. The van der Waals surface area contributed by atoms with Crippen molar-refractivity contribution < 1.29 is 29.1 Å². The van der Waals surface area contributed by atoms with Crippen molar-refractivity contribution in [3.05, 3.63) is 42.0 Å². The number of imide groups is 1. The maximum atomic E-state index is 12.7. The summed E-state index contributed by atoms with van der Waals surface area (Å²) in [6.07, 6.45) is 4.49. The largest absolute Gasteiger partial charge is 0.392 e. The third-order valence-electron chi connectivity index (χ3n) is 5.61. The molecule has 0 spiro atoms. The fraction of sp³-hybridized carbons (Fsp3) is 0.480. The highest BCUT2D eigenvalue weighted by atomic mass is 16.3. The smallest absolute Gasteiger partial charge is 0.253 e. The van der Waals surface area contributed by atoms with Crippen molar-refractivity contribution in [3.63, 3.8) is 0 Å². The Labute approximate surface area is 205 Å². The Morgan fingerprint density at radius 2 is 1.51 bits per heavy atom. The Hall–Kier alpha value is -3.53. The SMILES string of the molecule is CC(NC(=O)C(NC(=O)CCCCCN1C(=O)C=CC1=O)C(C)C)C(=O)Nc1ccc(CO)cc1. The highest BCUT2D eigenvalue weighted by Gasteiger charge is 2.27. The monoisotopic (exact) mass is 486 g/mol. The lowest BCUT2D eigenvalue weighted by Crippen LogP contribution is -2.53. The van der Waals surface area contributed by atoms with Crippen LogP contribution < -0.4 is 16.0 Å². The highest BCUT2D eigenvalue weighted by Crippen LogP contribution is 2.11. The van der Waals surface area contributed by atoms with Crippen LogP contribution in [0, 0.1) is 5.92 Å². The molecule has 190 valence electrons. The summed E-state index contributed by atoms with van der Waals surface area (Å²) in [5.41, 5.74) is 1.26. The van der Waals surface area contributed by atoms with Crippen LogP contribution in [0.1, 0.15) is 52.0 Å². The van der Waals surface area contributed by atoms with Crippen LogP contribution in [-0.4, -0.2) is 58.2 Å². The van der Waals surface area contributed by atoms with E-state index in [2.05, 4.69) is 16.0 Å². The number of hydrogen-bond donors (Lipinski definition) is 4.